The van der Waals surface area contributed by atoms with Crippen LogP contribution < -0.4 is 0 Å². The Balaban J connectivity index is 0.00000154. The Morgan fingerprint density at radius 1 is 1.32 bits per heavy atom. The second kappa shape index (κ2) is 9.03. The van der Waals surface area contributed by atoms with E-state index < -0.39 is 0 Å². The molecule has 0 aromatic rings. The van der Waals surface area contributed by atoms with E-state index in [4.69, 9.17) is 4.74 Å². The van der Waals surface area contributed by atoms with Crippen LogP contribution in [0, 0.1) is 0 Å². The molecule has 0 aromatic carbocycles. The molecule has 1 saturated heterocycles. The first-order chi connectivity index (χ1) is 8.98. The summed E-state index contributed by atoms with van der Waals surface area (Å²) in [5.41, 5.74) is 2.16. The summed E-state index contributed by atoms with van der Waals surface area (Å²) in [6.07, 6.45) is 6.59. The van der Waals surface area contributed by atoms with Crippen molar-refractivity contribution >= 4 is 17.7 Å². The molecule has 1 heterocycles. The van der Waals surface area contributed by atoms with Crippen LogP contribution in [0.3, 0.4) is 0 Å². The molecule has 2 nitrogen and oxygen atoms in total. The SMILES string of the molecule is C=C/C=C1C(=C/C)\OCCC\1=N/SC(C)(C)C.CC. The summed E-state index contributed by atoms with van der Waals surface area (Å²) in [5, 5.41) is 0. The van der Waals surface area contributed by atoms with Gasteiger partial charge in [0.05, 0.1) is 12.3 Å². The van der Waals surface area contributed by atoms with Crippen molar-refractivity contribution in [2.24, 2.45) is 4.40 Å². The highest BCUT2D eigenvalue weighted by atomic mass is 32.2. The van der Waals surface area contributed by atoms with Crippen LogP contribution in [0.5, 0.6) is 0 Å². The highest BCUT2D eigenvalue weighted by Crippen LogP contribution is 2.29. The van der Waals surface area contributed by atoms with E-state index >= 15 is 0 Å². The molecule has 0 unspecified atom stereocenters. The summed E-state index contributed by atoms with van der Waals surface area (Å²) in [7, 11) is 0. The lowest BCUT2D eigenvalue weighted by Crippen LogP contribution is -2.18. The Kier molecular flexibility index (Phi) is 8.57. The zero-order chi connectivity index (χ0) is 14.9. The van der Waals surface area contributed by atoms with Crippen LogP contribution in [-0.2, 0) is 4.74 Å². The van der Waals surface area contributed by atoms with E-state index in [1.165, 1.54) is 0 Å². The van der Waals surface area contributed by atoms with Crippen molar-refractivity contribution in [3.8, 4) is 0 Å². The lowest BCUT2D eigenvalue weighted by atomic mass is 10.0. The van der Waals surface area contributed by atoms with E-state index in [0.29, 0.717) is 6.61 Å². The van der Waals surface area contributed by atoms with Crippen LogP contribution in [0.15, 0.2) is 40.5 Å². The third kappa shape index (κ3) is 6.67. The molecule has 0 radical (unpaired) electrons. The van der Waals surface area contributed by atoms with Crippen molar-refractivity contribution < 1.29 is 4.74 Å². The van der Waals surface area contributed by atoms with Crippen molar-refractivity contribution in [1.29, 1.82) is 0 Å². The molecule has 1 rings (SSSR count). The van der Waals surface area contributed by atoms with E-state index in [1.54, 1.807) is 18.0 Å². The average Bonchev–Trinajstić information content (AvgIpc) is 2.39. The quantitative estimate of drug-likeness (QED) is 0.637. The van der Waals surface area contributed by atoms with Gasteiger partial charge in [-0.25, -0.2) is 4.40 Å². The number of hydrogen-bond donors (Lipinski definition) is 0. The minimum absolute atomic E-state index is 0.140. The zero-order valence-corrected chi connectivity index (χ0v) is 13.9. The largest absolute Gasteiger partial charge is 0.493 e. The molecule has 3 heteroatoms. The molecule has 0 atom stereocenters. The predicted molar refractivity (Wildman–Crippen MR) is 88.7 cm³/mol. The summed E-state index contributed by atoms with van der Waals surface area (Å²) < 4.78 is 10.4. The van der Waals surface area contributed by atoms with Crippen LogP contribution in [0.2, 0.25) is 0 Å². The minimum atomic E-state index is 0.140. The molecule has 0 aromatic heterocycles. The van der Waals surface area contributed by atoms with Gasteiger partial charge < -0.3 is 4.74 Å². The number of rotatable bonds is 2. The van der Waals surface area contributed by atoms with E-state index in [2.05, 4.69) is 31.7 Å². The fourth-order valence-corrected chi connectivity index (χ4v) is 2.01. The summed E-state index contributed by atoms with van der Waals surface area (Å²) >= 11 is 1.61. The maximum absolute atomic E-state index is 5.61. The van der Waals surface area contributed by atoms with Gasteiger partial charge in [-0.2, -0.15) is 0 Å². The fourth-order valence-electron chi connectivity index (χ4n) is 1.43. The van der Waals surface area contributed by atoms with E-state index in [1.807, 2.05) is 32.9 Å². The average molecular weight is 281 g/mol. The highest BCUT2D eigenvalue weighted by Gasteiger charge is 2.20. The first-order valence-electron chi connectivity index (χ1n) is 6.85. The van der Waals surface area contributed by atoms with Crippen LogP contribution in [0.4, 0.5) is 0 Å². The van der Waals surface area contributed by atoms with Gasteiger partial charge in [0, 0.05) is 16.7 Å². The molecule has 19 heavy (non-hydrogen) atoms. The molecule has 1 aliphatic heterocycles. The van der Waals surface area contributed by atoms with Crippen molar-refractivity contribution in [3.63, 3.8) is 0 Å². The van der Waals surface area contributed by atoms with Crippen LogP contribution in [-0.4, -0.2) is 17.1 Å². The van der Waals surface area contributed by atoms with Gasteiger partial charge in [0.2, 0.25) is 0 Å². The van der Waals surface area contributed by atoms with Crippen LogP contribution in [0.25, 0.3) is 0 Å². The van der Waals surface area contributed by atoms with Gasteiger partial charge in [0.25, 0.3) is 0 Å². The number of hydrogen-bond acceptors (Lipinski definition) is 3. The van der Waals surface area contributed by atoms with E-state index in [0.717, 1.165) is 23.5 Å². The molecular formula is C16H27NOS. The fraction of sp³-hybridized carbons (Fsp3) is 0.562. The summed E-state index contributed by atoms with van der Waals surface area (Å²) in [6, 6.07) is 0. The second-order valence-electron chi connectivity index (χ2n) is 4.81. The van der Waals surface area contributed by atoms with Crippen molar-refractivity contribution in [2.45, 2.75) is 52.7 Å². The smallest absolute Gasteiger partial charge is 0.124 e. The molecule has 0 aliphatic carbocycles. The third-order valence-electron chi connectivity index (χ3n) is 2.15. The molecule has 108 valence electrons. The number of ether oxygens (including phenoxy) is 1. The number of allylic oxidation sites excluding steroid dienone is 4. The first kappa shape index (κ1) is 18.0. The van der Waals surface area contributed by atoms with Gasteiger partial charge in [-0.15, -0.1) is 0 Å². The third-order valence-corrected chi connectivity index (χ3v) is 3.01. The van der Waals surface area contributed by atoms with E-state index in [-0.39, 0.29) is 4.75 Å². The van der Waals surface area contributed by atoms with Gasteiger partial charge in [0.1, 0.15) is 5.76 Å². The van der Waals surface area contributed by atoms with E-state index in [9.17, 15) is 0 Å². The van der Waals surface area contributed by atoms with Crippen LogP contribution in [0.1, 0.15) is 48.0 Å². The Hall–Kier alpha value is -0.960. The van der Waals surface area contributed by atoms with Crippen molar-refractivity contribution in [2.75, 3.05) is 6.61 Å². The second-order valence-corrected chi connectivity index (χ2v) is 6.40. The van der Waals surface area contributed by atoms with Gasteiger partial charge >= 0.3 is 0 Å². The molecule has 0 amide bonds. The maximum Gasteiger partial charge on any atom is 0.124 e. The van der Waals surface area contributed by atoms with Gasteiger partial charge in [-0.3, -0.25) is 0 Å². The molecule has 1 aliphatic rings. The summed E-state index contributed by atoms with van der Waals surface area (Å²) in [6.45, 7) is 16.9. The van der Waals surface area contributed by atoms with Crippen LogP contribution >= 0.6 is 11.9 Å². The van der Waals surface area contributed by atoms with Gasteiger partial charge in [0.15, 0.2) is 0 Å². The first-order valence-corrected chi connectivity index (χ1v) is 7.63. The molecular weight excluding hydrogens is 254 g/mol. The van der Waals surface area contributed by atoms with Crippen molar-refractivity contribution in [1.82, 2.24) is 0 Å². The Labute approximate surface area is 122 Å². The zero-order valence-electron chi connectivity index (χ0n) is 13.1. The normalized spacial score (nSPS) is 21.9. The summed E-state index contributed by atoms with van der Waals surface area (Å²) in [4.78, 5) is 0. The molecule has 1 fully saturated rings. The molecule has 0 N–H and O–H groups in total. The Bertz CT molecular complexity index is 373. The highest BCUT2D eigenvalue weighted by molar-refractivity contribution is 7.99. The lowest BCUT2D eigenvalue weighted by Gasteiger charge is -2.22. The molecule has 0 spiro atoms. The summed E-state index contributed by atoms with van der Waals surface area (Å²) in [5.74, 6) is 0.907. The van der Waals surface area contributed by atoms with Gasteiger partial charge in [-0.05, 0) is 51.8 Å². The number of nitrogens with zero attached hydrogens (tertiary/aromatic N) is 1. The predicted octanol–water partition coefficient (Wildman–Crippen LogP) is 5.34. The topological polar surface area (TPSA) is 21.6 Å². The molecule has 0 bridgehead atoms. The lowest BCUT2D eigenvalue weighted by molar-refractivity contribution is 0.222. The Morgan fingerprint density at radius 2 is 1.95 bits per heavy atom. The molecule has 0 saturated carbocycles. The van der Waals surface area contributed by atoms with Gasteiger partial charge in [-0.1, -0.05) is 26.5 Å². The minimum Gasteiger partial charge on any atom is -0.493 e. The standard InChI is InChI=1S/C14H21NOS.C2H6/c1-6-8-11-12(15-17-14(3,4)5)9-10-16-13(11)7-2;1-2/h6-8H,1,9-10H2,2-5H3;1-2H3/b11-8-,13-7+,15-12+;. The Morgan fingerprint density at radius 3 is 2.42 bits per heavy atom. The monoisotopic (exact) mass is 281 g/mol. The maximum atomic E-state index is 5.61. The van der Waals surface area contributed by atoms with Crippen molar-refractivity contribution in [3.05, 3.63) is 36.1 Å².